The molecular weight excluding hydrogens is 172 g/mol. The van der Waals surface area contributed by atoms with Crippen LogP contribution in [0.15, 0.2) is 0 Å². The molecule has 1 heterocycles. The van der Waals surface area contributed by atoms with Gasteiger partial charge < -0.3 is 10.6 Å². The van der Waals surface area contributed by atoms with Crippen molar-refractivity contribution in [2.75, 3.05) is 19.8 Å². The first-order valence-electron chi connectivity index (χ1n) is 3.78. The Balaban J connectivity index is 2.85. The second-order valence-electron chi connectivity index (χ2n) is 2.89. The molecule has 72 valence electrons. The molecule has 1 rings (SSSR count). The molecular formula is C6H12N6O. The predicted octanol–water partition coefficient (Wildman–Crippen LogP) is -1.10. The Kier molecular flexibility index (Phi) is 2.45. The van der Waals surface area contributed by atoms with Crippen LogP contribution in [0.25, 0.3) is 0 Å². The molecule has 7 nitrogen and oxygen atoms in total. The molecule has 0 saturated heterocycles. The molecule has 0 spiro atoms. The van der Waals surface area contributed by atoms with Crippen LogP contribution >= 0.6 is 0 Å². The third-order valence-corrected chi connectivity index (χ3v) is 1.68. The second-order valence-corrected chi connectivity index (χ2v) is 2.89. The van der Waals surface area contributed by atoms with E-state index in [0.717, 1.165) is 0 Å². The van der Waals surface area contributed by atoms with Gasteiger partial charge in [-0.05, 0) is 17.4 Å². The molecule has 1 atom stereocenters. The number of likely N-dealkylation sites (N-methyl/N-ethyl adjacent to an activating group) is 1. The summed E-state index contributed by atoms with van der Waals surface area (Å²) < 4.78 is 1.28. The average Bonchev–Trinajstić information content (AvgIpc) is 2.48. The van der Waals surface area contributed by atoms with Gasteiger partial charge in [0, 0.05) is 14.1 Å². The van der Waals surface area contributed by atoms with Crippen LogP contribution in [0.5, 0.6) is 0 Å². The number of tetrazole rings is 1. The molecule has 13 heavy (non-hydrogen) atoms. The van der Waals surface area contributed by atoms with Gasteiger partial charge in [0.15, 0.2) is 0 Å². The van der Waals surface area contributed by atoms with E-state index < -0.39 is 6.04 Å². The number of carbonyl (C=O) groups is 1. The maximum atomic E-state index is 11.4. The van der Waals surface area contributed by atoms with Crippen LogP contribution in [-0.4, -0.2) is 45.1 Å². The van der Waals surface area contributed by atoms with Gasteiger partial charge in [0.1, 0.15) is 6.04 Å². The number of carbonyl (C=O) groups excluding carboxylic acids is 1. The van der Waals surface area contributed by atoms with Crippen LogP contribution in [0.4, 0.5) is 5.95 Å². The van der Waals surface area contributed by atoms with Crippen molar-refractivity contribution in [3.8, 4) is 0 Å². The van der Waals surface area contributed by atoms with E-state index in [9.17, 15) is 4.79 Å². The van der Waals surface area contributed by atoms with Crippen molar-refractivity contribution in [2.45, 2.75) is 13.0 Å². The zero-order chi connectivity index (χ0) is 10.0. The minimum absolute atomic E-state index is 0.0981. The Hall–Kier alpha value is -1.66. The molecule has 0 bridgehead atoms. The highest BCUT2D eigenvalue weighted by molar-refractivity contribution is 5.79. The molecule has 1 aromatic rings. The lowest BCUT2D eigenvalue weighted by Gasteiger charge is -2.16. The largest absolute Gasteiger partial charge is 0.367 e. The minimum Gasteiger partial charge on any atom is -0.367 e. The fraction of sp³-hybridized carbons (Fsp3) is 0.667. The van der Waals surface area contributed by atoms with Crippen LogP contribution in [-0.2, 0) is 4.79 Å². The van der Waals surface area contributed by atoms with Crippen molar-refractivity contribution >= 4 is 11.9 Å². The normalized spacial score (nSPS) is 12.5. The summed E-state index contributed by atoms with van der Waals surface area (Å²) in [6, 6.07) is -0.468. The van der Waals surface area contributed by atoms with E-state index in [-0.39, 0.29) is 11.9 Å². The maximum absolute atomic E-state index is 11.4. The minimum atomic E-state index is -0.468. The average molecular weight is 184 g/mol. The molecule has 0 aliphatic carbocycles. The number of rotatable bonds is 2. The first-order chi connectivity index (χ1) is 6.04. The number of nitrogens with two attached hydrogens (primary N) is 1. The summed E-state index contributed by atoms with van der Waals surface area (Å²) in [6.07, 6.45) is 0. The fourth-order valence-electron chi connectivity index (χ4n) is 0.955. The van der Waals surface area contributed by atoms with Crippen molar-refractivity contribution in [3.05, 3.63) is 0 Å². The Labute approximate surface area is 75.5 Å². The van der Waals surface area contributed by atoms with E-state index in [2.05, 4.69) is 15.5 Å². The van der Waals surface area contributed by atoms with Gasteiger partial charge in [-0.25, -0.2) is 0 Å². The molecule has 7 heteroatoms. The van der Waals surface area contributed by atoms with Crippen LogP contribution in [0.2, 0.25) is 0 Å². The van der Waals surface area contributed by atoms with E-state index in [4.69, 9.17) is 5.73 Å². The fourth-order valence-corrected chi connectivity index (χ4v) is 0.955. The van der Waals surface area contributed by atoms with Gasteiger partial charge in [-0.15, -0.1) is 0 Å². The van der Waals surface area contributed by atoms with Crippen molar-refractivity contribution in [1.82, 2.24) is 25.1 Å². The monoisotopic (exact) mass is 184 g/mol. The topological polar surface area (TPSA) is 89.9 Å². The highest BCUT2D eigenvalue weighted by atomic mass is 16.2. The van der Waals surface area contributed by atoms with Gasteiger partial charge >= 0.3 is 0 Å². The summed E-state index contributed by atoms with van der Waals surface area (Å²) in [6.45, 7) is 1.69. The number of nitrogen functional groups attached to an aromatic ring is 1. The highest BCUT2D eigenvalue weighted by Gasteiger charge is 2.19. The Morgan fingerprint density at radius 2 is 2.23 bits per heavy atom. The maximum Gasteiger partial charge on any atom is 0.246 e. The summed E-state index contributed by atoms with van der Waals surface area (Å²) in [5.41, 5.74) is 5.44. The number of hydrogen-bond acceptors (Lipinski definition) is 5. The molecule has 1 unspecified atom stereocenters. The lowest BCUT2D eigenvalue weighted by Crippen LogP contribution is -2.31. The van der Waals surface area contributed by atoms with Gasteiger partial charge in [-0.1, -0.05) is 5.10 Å². The third kappa shape index (κ3) is 1.74. The SMILES string of the molecule is CC(C(=O)N(C)C)n1nnnc1N. The van der Waals surface area contributed by atoms with Crippen LogP contribution < -0.4 is 5.73 Å². The van der Waals surface area contributed by atoms with Gasteiger partial charge in [-0.3, -0.25) is 4.79 Å². The van der Waals surface area contributed by atoms with E-state index in [1.807, 2.05) is 0 Å². The van der Waals surface area contributed by atoms with Crippen LogP contribution in [0.3, 0.4) is 0 Å². The zero-order valence-corrected chi connectivity index (χ0v) is 7.80. The Morgan fingerprint density at radius 3 is 2.62 bits per heavy atom. The number of amides is 1. The number of nitrogens with zero attached hydrogens (tertiary/aromatic N) is 5. The molecule has 1 aromatic heterocycles. The van der Waals surface area contributed by atoms with Gasteiger partial charge in [0.25, 0.3) is 0 Å². The molecule has 0 fully saturated rings. The second kappa shape index (κ2) is 3.38. The molecule has 0 saturated carbocycles. The standard InChI is InChI=1S/C6H12N6O/c1-4(5(13)11(2)3)12-6(7)8-9-10-12/h4H,1-3H3,(H2,7,8,10). The Bertz CT molecular complexity index is 306. The molecule has 0 aromatic carbocycles. The summed E-state index contributed by atoms with van der Waals surface area (Å²) in [5, 5.41) is 10.4. The highest BCUT2D eigenvalue weighted by Crippen LogP contribution is 2.08. The predicted molar refractivity (Wildman–Crippen MR) is 45.6 cm³/mol. The van der Waals surface area contributed by atoms with E-state index in [1.54, 1.807) is 21.0 Å². The smallest absolute Gasteiger partial charge is 0.246 e. The molecule has 0 aliphatic rings. The van der Waals surface area contributed by atoms with Gasteiger partial charge in [0.05, 0.1) is 0 Å². The molecule has 1 amide bonds. The lowest BCUT2D eigenvalue weighted by atomic mass is 10.3. The van der Waals surface area contributed by atoms with Gasteiger partial charge in [-0.2, -0.15) is 4.68 Å². The molecule has 2 N–H and O–H groups in total. The van der Waals surface area contributed by atoms with Crippen molar-refractivity contribution < 1.29 is 4.79 Å². The summed E-state index contributed by atoms with van der Waals surface area (Å²) in [7, 11) is 3.33. The quantitative estimate of drug-likeness (QED) is 0.630. The van der Waals surface area contributed by atoms with E-state index in [1.165, 1.54) is 9.58 Å². The first-order valence-corrected chi connectivity index (χ1v) is 3.78. The first kappa shape index (κ1) is 9.43. The zero-order valence-electron chi connectivity index (χ0n) is 7.80. The van der Waals surface area contributed by atoms with Crippen LogP contribution in [0, 0.1) is 0 Å². The summed E-state index contributed by atoms with van der Waals surface area (Å²) in [4.78, 5) is 12.9. The summed E-state index contributed by atoms with van der Waals surface area (Å²) >= 11 is 0. The van der Waals surface area contributed by atoms with Crippen molar-refractivity contribution in [3.63, 3.8) is 0 Å². The third-order valence-electron chi connectivity index (χ3n) is 1.68. The number of anilines is 1. The van der Waals surface area contributed by atoms with Gasteiger partial charge in [0.2, 0.25) is 11.9 Å². The number of aromatic nitrogens is 4. The molecule has 0 aliphatic heterocycles. The Morgan fingerprint density at radius 1 is 1.62 bits per heavy atom. The lowest BCUT2D eigenvalue weighted by molar-refractivity contribution is -0.131. The van der Waals surface area contributed by atoms with E-state index >= 15 is 0 Å². The van der Waals surface area contributed by atoms with Crippen LogP contribution in [0.1, 0.15) is 13.0 Å². The molecule has 0 radical (unpaired) electrons. The number of hydrogen-bond donors (Lipinski definition) is 1. The summed E-state index contributed by atoms with van der Waals surface area (Å²) in [5.74, 6) is 0.0432. The van der Waals surface area contributed by atoms with Crippen molar-refractivity contribution in [1.29, 1.82) is 0 Å². The van der Waals surface area contributed by atoms with E-state index in [0.29, 0.717) is 0 Å². The van der Waals surface area contributed by atoms with Crippen molar-refractivity contribution in [2.24, 2.45) is 0 Å².